The second kappa shape index (κ2) is 4.54. The van der Waals surface area contributed by atoms with E-state index in [1.54, 1.807) is 4.68 Å². The van der Waals surface area contributed by atoms with Crippen LogP contribution < -0.4 is 5.73 Å². The molecule has 0 amide bonds. The number of rotatable bonds is 2. The third-order valence-electron chi connectivity index (χ3n) is 2.34. The first kappa shape index (κ1) is 12.2. The molecule has 1 aromatic carbocycles. The molecule has 0 fully saturated rings. The van der Waals surface area contributed by atoms with Crippen LogP contribution in [-0.4, -0.2) is 19.8 Å². The number of hydrogen-bond donors (Lipinski definition) is 1. The molecule has 0 saturated heterocycles. The molecule has 0 aliphatic carbocycles. The Morgan fingerprint density at radius 1 is 1.41 bits per heavy atom. The third kappa shape index (κ3) is 2.37. The fourth-order valence-corrected chi connectivity index (χ4v) is 2.49. The lowest BCUT2D eigenvalue weighted by Gasteiger charge is -2.07. The third-order valence-corrected chi connectivity index (χ3v) is 3.21. The first-order chi connectivity index (χ1) is 7.99. The molecule has 0 unspecified atom stereocenters. The van der Waals surface area contributed by atoms with Gasteiger partial charge in [0, 0.05) is 10.0 Å². The predicted molar refractivity (Wildman–Crippen MR) is 74.4 cm³/mol. The number of halogens is 1. The standard InChI is InChI=1S/C11H11BrN4S/c1-6-14-7(2)16(15-6)8-3-4-9(11(13)17)10(12)5-8/h3-5H,1-2H3,(H2,13,17). The van der Waals surface area contributed by atoms with Crippen LogP contribution in [0.25, 0.3) is 5.69 Å². The van der Waals surface area contributed by atoms with E-state index >= 15 is 0 Å². The Bertz CT molecular complexity index is 591. The van der Waals surface area contributed by atoms with Crippen LogP contribution in [0.5, 0.6) is 0 Å². The summed E-state index contributed by atoms with van der Waals surface area (Å²) in [6.45, 7) is 3.78. The van der Waals surface area contributed by atoms with Crippen LogP contribution in [0.1, 0.15) is 17.2 Å². The van der Waals surface area contributed by atoms with Gasteiger partial charge in [0.1, 0.15) is 16.6 Å². The SMILES string of the molecule is Cc1nc(C)n(-c2ccc(C(N)=S)c(Br)c2)n1. The van der Waals surface area contributed by atoms with Gasteiger partial charge in [0.25, 0.3) is 0 Å². The summed E-state index contributed by atoms with van der Waals surface area (Å²) in [6, 6.07) is 5.72. The first-order valence-corrected chi connectivity index (χ1v) is 6.19. The van der Waals surface area contributed by atoms with Gasteiger partial charge in [0.15, 0.2) is 0 Å². The normalized spacial score (nSPS) is 10.5. The Morgan fingerprint density at radius 2 is 2.12 bits per heavy atom. The number of thiocarbonyl (C=S) groups is 1. The summed E-state index contributed by atoms with van der Waals surface area (Å²) < 4.78 is 2.64. The largest absolute Gasteiger partial charge is 0.389 e. The van der Waals surface area contributed by atoms with Crippen molar-refractivity contribution >= 4 is 33.1 Å². The van der Waals surface area contributed by atoms with E-state index < -0.39 is 0 Å². The highest BCUT2D eigenvalue weighted by molar-refractivity contribution is 9.10. The zero-order valence-corrected chi connectivity index (χ0v) is 11.8. The highest BCUT2D eigenvalue weighted by atomic mass is 79.9. The van der Waals surface area contributed by atoms with Crippen molar-refractivity contribution in [3.05, 3.63) is 39.9 Å². The minimum atomic E-state index is 0.370. The highest BCUT2D eigenvalue weighted by Crippen LogP contribution is 2.21. The number of hydrogen-bond acceptors (Lipinski definition) is 3. The molecule has 0 saturated carbocycles. The molecule has 1 aromatic heterocycles. The van der Waals surface area contributed by atoms with Crippen molar-refractivity contribution in [2.24, 2.45) is 5.73 Å². The lowest BCUT2D eigenvalue weighted by atomic mass is 10.2. The van der Waals surface area contributed by atoms with Crippen molar-refractivity contribution in [3.8, 4) is 5.69 Å². The molecule has 0 atom stereocenters. The van der Waals surface area contributed by atoms with Crippen molar-refractivity contribution in [3.63, 3.8) is 0 Å². The van der Waals surface area contributed by atoms with Crippen LogP contribution >= 0.6 is 28.1 Å². The Morgan fingerprint density at radius 3 is 2.59 bits per heavy atom. The van der Waals surface area contributed by atoms with Crippen molar-refractivity contribution in [2.45, 2.75) is 13.8 Å². The maximum absolute atomic E-state index is 5.60. The Labute approximate surface area is 113 Å². The quantitative estimate of drug-likeness (QED) is 0.865. The van der Waals surface area contributed by atoms with E-state index in [2.05, 4.69) is 26.0 Å². The summed E-state index contributed by atoms with van der Waals surface area (Å²) in [6.07, 6.45) is 0. The molecule has 2 aromatic rings. The van der Waals surface area contributed by atoms with Crippen molar-refractivity contribution in [2.75, 3.05) is 0 Å². The summed E-state index contributed by atoms with van der Waals surface area (Å²) in [5.41, 5.74) is 7.35. The van der Waals surface area contributed by atoms with Gasteiger partial charge in [-0.1, -0.05) is 12.2 Å². The molecule has 0 aliphatic rings. The molecule has 4 nitrogen and oxygen atoms in total. The van der Waals surface area contributed by atoms with Gasteiger partial charge >= 0.3 is 0 Å². The molecule has 88 valence electrons. The Hall–Kier alpha value is -1.27. The van der Waals surface area contributed by atoms with E-state index in [-0.39, 0.29) is 0 Å². The summed E-state index contributed by atoms with van der Waals surface area (Å²) in [7, 11) is 0. The van der Waals surface area contributed by atoms with Crippen LogP contribution in [0.4, 0.5) is 0 Å². The summed E-state index contributed by atoms with van der Waals surface area (Å²) >= 11 is 8.40. The second-order valence-electron chi connectivity index (χ2n) is 3.65. The number of nitrogens with two attached hydrogens (primary N) is 1. The first-order valence-electron chi connectivity index (χ1n) is 4.99. The van der Waals surface area contributed by atoms with Gasteiger partial charge in [-0.15, -0.1) is 0 Å². The van der Waals surface area contributed by atoms with Crippen LogP contribution in [0, 0.1) is 13.8 Å². The lowest BCUT2D eigenvalue weighted by Crippen LogP contribution is -2.10. The molecule has 0 spiro atoms. The zero-order chi connectivity index (χ0) is 12.6. The van der Waals surface area contributed by atoms with Crippen LogP contribution in [-0.2, 0) is 0 Å². The van der Waals surface area contributed by atoms with Crippen molar-refractivity contribution in [1.29, 1.82) is 0 Å². The van der Waals surface area contributed by atoms with E-state index in [4.69, 9.17) is 18.0 Å². The number of aromatic nitrogens is 3. The topological polar surface area (TPSA) is 56.7 Å². The van der Waals surface area contributed by atoms with Crippen LogP contribution in [0.3, 0.4) is 0 Å². The van der Waals surface area contributed by atoms with E-state index in [0.29, 0.717) is 4.99 Å². The van der Waals surface area contributed by atoms with Gasteiger partial charge in [-0.3, -0.25) is 0 Å². The number of nitrogens with zero attached hydrogens (tertiary/aromatic N) is 3. The molecular weight excluding hydrogens is 300 g/mol. The van der Waals surface area contributed by atoms with Gasteiger partial charge in [-0.05, 0) is 48.0 Å². The molecule has 0 bridgehead atoms. The predicted octanol–water partition coefficient (Wildman–Crippen LogP) is 2.28. The Kier molecular flexibility index (Phi) is 3.26. The van der Waals surface area contributed by atoms with Crippen molar-refractivity contribution < 1.29 is 0 Å². The Balaban J connectivity index is 2.51. The monoisotopic (exact) mass is 310 g/mol. The molecule has 6 heteroatoms. The molecule has 2 N–H and O–H groups in total. The molecule has 0 aliphatic heterocycles. The summed E-state index contributed by atoms with van der Waals surface area (Å²) in [5.74, 6) is 1.59. The van der Waals surface area contributed by atoms with E-state index in [1.165, 1.54) is 0 Å². The molecule has 0 radical (unpaired) electrons. The average Bonchev–Trinajstić information content (AvgIpc) is 2.57. The van der Waals surface area contributed by atoms with E-state index in [9.17, 15) is 0 Å². The molecule has 17 heavy (non-hydrogen) atoms. The summed E-state index contributed by atoms with van der Waals surface area (Å²) in [4.78, 5) is 4.63. The highest BCUT2D eigenvalue weighted by Gasteiger charge is 2.08. The van der Waals surface area contributed by atoms with Crippen LogP contribution in [0.2, 0.25) is 0 Å². The van der Waals surface area contributed by atoms with Gasteiger partial charge < -0.3 is 5.73 Å². The maximum Gasteiger partial charge on any atom is 0.148 e. The van der Waals surface area contributed by atoms with E-state index in [0.717, 1.165) is 27.4 Å². The smallest absolute Gasteiger partial charge is 0.148 e. The maximum atomic E-state index is 5.60. The number of benzene rings is 1. The fraction of sp³-hybridized carbons (Fsp3) is 0.182. The minimum absolute atomic E-state index is 0.370. The minimum Gasteiger partial charge on any atom is -0.389 e. The number of aryl methyl sites for hydroxylation is 2. The van der Waals surface area contributed by atoms with E-state index in [1.807, 2.05) is 32.0 Å². The lowest BCUT2D eigenvalue weighted by molar-refractivity contribution is 0.830. The zero-order valence-electron chi connectivity index (χ0n) is 9.44. The molecule has 1 heterocycles. The fourth-order valence-electron chi connectivity index (χ4n) is 1.60. The van der Waals surface area contributed by atoms with Gasteiger partial charge in [-0.25, -0.2) is 9.67 Å². The summed E-state index contributed by atoms with van der Waals surface area (Å²) in [5, 5.41) is 4.32. The van der Waals surface area contributed by atoms with Crippen molar-refractivity contribution in [1.82, 2.24) is 14.8 Å². The van der Waals surface area contributed by atoms with Gasteiger partial charge in [0.2, 0.25) is 0 Å². The van der Waals surface area contributed by atoms with Gasteiger partial charge in [-0.2, -0.15) is 5.10 Å². The average molecular weight is 311 g/mol. The van der Waals surface area contributed by atoms with Gasteiger partial charge in [0.05, 0.1) is 5.69 Å². The molecule has 2 rings (SSSR count). The van der Waals surface area contributed by atoms with Crippen LogP contribution in [0.15, 0.2) is 22.7 Å². The molecular formula is C11H11BrN4S. The second-order valence-corrected chi connectivity index (χ2v) is 4.94.